The molecule has 0 fully saturated rings. The molecular formula is C11H11BrF3N5O. The van der Waals surface area contributed by atoms with Gasteiger partial charge in [-0.05, 0) is 29.8 Å². The first-order valence-corrected chi connectivity index (χ1v) is 6.62. The van der Waals surface area contributed by atoms with E-state index >= 15 is 0 Å². The van der Waals surface area contributed by atoms with Crippen LogP contribution in [0.5, 0.6) is 0 Å². The van der Waals surface area contributed by atoms with Gasteiger partial charge in [0, 0.05) is 6.20 Å². The van der Waals surface area contributed by atoms with Crippen LogP contribution in [0.2, 0.25) is 0 Å². The first kappa shape index (κ1) is 15.5. The second kappa shape index (κ2) is 5.51. The van der Waals surface area contributed by atoms with E-state index in [9.17, 15) is 18.0 Å². The summed E-state index contributed by atoms with van der Waals surface area (Å²) in [5, 5.41) is 11.6. The van der Waals surface area contributed by atoms with Gasteiger partial charge in [0.05, 0.1) is 22.1 Å². The molecule has 0 aromatic carbocycles. The number of hydrogen-bond acceptors (Lipinski definition) is 3. The van der Waals surface area contributed by atoms with Gasteiger partial charge in [0.15, 0.2) is 5.69 Å². The topological polar surface area (TPSA) is 75.6 Å². The van der Waals surface area contributed by atoms with E-state index in [2.05, 4.69) is 36.5 Å². The summed E-state index contributed by atoms with van der Waals surface area (Å²) in [6, 6.07) is -0.772. The van der Waals surface area contributed by atoms with E-state index in [4.69, 9.17) is 0 Å². The van der Waals surface area contributed by atoms with Crippen LogP contribution < -0.4 is 5.32 Å². The van der Waals surface area contributed by atoms with Crippen molar-refractivity contribution in [3.63, 3.8) is 0 Å². The zero-order valence-electron chi connectivity index (χ0n) is 11.0. The third kappa shape index (κ3) is 3.26. The van der Waals surface area contributed by atoms with E-state index in [0.29, 0.717) is 4.47 Å². The molecule has 2 aromatic heterocycles. The maximum Gasteiger partial charge on any atom is 0.437 e. The third-order valence-electron chi connectivity index (χ3n) is 2.81. The molecule has 0 saturated heterocycles. The number of amides is 1. The molecule has 1 amide bonds. The molecule has 2 aromatic rings. The van der Waals surface area contributed by atoms with Gasteiger partial charge >= 0.3 is 6.18 Å². The normalized spacial score (nSPS) is 13.2. The number of anilines is 1. The lowest BCUT2D eigenvalue weighted by Gasteiger charge is -2.14. The second-order valence-corrected chi connectivity index (χ2v) is 5.29. The predicted octanol–water partition coefficient (Wildman–Crippen LogP) is 2.90. The summed E-state index contributed by atoms with van der Waals surface area (Å²) >= 11 is 3.18. The second-order valence-electron chi connectivity index (χ2n) is 4.37. The quantitative estimate of drug-likeness (QED) is 0.877. The summed E-state index contributed by atoms with van der Waals surface area (Å²) in [6.45, 7) is 2.92. The monoisotopic (exact) mass is 365 g/mol. The third-order valence-corrected chi connectivity index (χ3v) is 3.22. The molecule has 114 valence electrons. The number of carbonyl (C=O) groups is 1. The summed E-state index contributed by atoms with van der Waals surface area (Å²) < 4.78 is 40.3. The van der Waals surface area contributed by atoms with Crippen LogP contribution in [0.4, 0.5) is 18.9 Å². The largest absolute Gasteiger partial charge is 0.437 e. The molecule has 10 heteroatoms. The van der Waals surface area contributed by atoms with Crippen molar-refractivity contribution in [2.75, 3.05) is 5.32 Å². The van der Waals surface area contributed by atoms with Crippen molar-refractivity contribution in [2.45, 2.75) is 26.1 Å². The molecule has 0 radical (unpaired) electrons. The van der Waals surface area contributed by atoms with Gasteiger partial charge in [-0.25, -0.2) is 0 Å². The van der Waals surface area contributed by atoms with Gasteiger partial charge < -0.3 is 5.32 Å². The van der Waals surface area contributed by atoms with E-state index in [1.807, 2.05) is 0 Å². The minimum Gasteiger partial charge on any atom is -0.321 e. The number of halogens is 4. The average Bonchev–Trinajstić information content (AvgIpc) is 2.95. The fraction of sp³-hybridized carbons (Fsp3) is 0.364. The van der Waals surface area contributed by atoms with Crippen molar-refractivity contribution in [1.29, 1.82) is 0 Å². The van der Waals surface area contributed by atoms with Crippen molar-refractivity contribution >= 4 is 27.5 Å². The van der Waals surface area contributed by atoms with Crippen LogP contribution in [0.1, 0.15) is 24.4 Å². The van der Waals surface area contributed by atoms with E-state index in [1.54, 1.807) is 6.20 Å². The lowest BCUT2D eigenvalue weighted by Crippen LogP contribution is -2.25. The zero-order valence-corrected chi connectivity index (χ0v) is 12.6. The fourth-order valence-electron chi connectivity index (χ4n) is 1.66. The molecule has 21 heavy (non-hydrogen) atoms. The summed E-state index contributed by atoms with van der Waals surface area (Å²) in [4.78, 5) is 12.1. The molecule has 2 rings (SSSR count). The molecule has 2 heterocycles. The Bertz CT molecular complexity index is 663. The lowest BCUT2D eigenvalue weighted by atomic mass is 10.2. The Morgan fingerprint density at radius 1 is 1.52 bits per heavy atom. The number of aromatic amines is 1. The first-order chi connectivity index (χ1) is 9.70. The molecule has 0 aliphatic heterocycles. The van der Waals surface area contributed by atoms with Crippen LogP contribution in [0, 0.1) is 6.92 Å². The van der Waals surface area contributed by atoms with Gasteiger partial charge in [0.25, 0.3) is 0 Å². The van der Waals surface area contributed by atoms with Gasteiger partial charge in [0.1, 0.15) is 6.04 Å². The molecule has 0 saturated carbocycles. The number of aromatic nitrogens is 4. The number of H-pyrrole nitrogens is 1. The van der Waals surface area contributed by atoms with E-state index in [1.165, 1.54) is 24.7 Å². The van der Waals surface area contributed by atoms with Crippen LogP contribution in [0.25, 0.3) is 0 Å². The Morgan fingerprint density at radius 3 is 2.71 bits per heavy atom. The lowest BCUT2D eigenvalue weighted by molar-refractivity contribution is -0.140. The van der Waals surface area contributed by atoms with Crippen molar-refractivity contribution < 1.29 is 18.0 Å². The van der Waals surface area contributed by atoms with Crippen molar-refractivity contribution in [2.24, 2.45) is 0 Å². The van der Waals surface area contributed by atoms with Crippen LogP contribution in [-0.2, 0) is 11.0 Å². The van der Waals surface area contributed by atoms with Gasteiger partial charge in [-0.3, -0.25) is 14.6 Å². The van der Waals surface area contributed by atoms with Crippen LogP contribution in [-0.4, -0.2) is 25.9 Å². The van der Waals surface area contributed by atoms with Crippen molar-refractivity contribution in [3.8, 4) is 0 Å². The molecule has 1 unspecified atom stereocenters. The van der Waals surface area contributed by atoms with E-state index < -0.39 is 23.8 Å². The molecule has 0 aliphatic rings. The number of alkyl halides is 3. The van der Waals surface area contributed by atoms with Gasteiger partial charge in [0.2, 0.25) is 5.91 Å². The molecular weight excluding hydrogens is 355 g/mol. The number of hydrogen-bond donors (Lipinski definition) is 2. The number of nitrogens with zero attached hydrogens (tertiary/aromatic N) is 3. The van der Waals surface area contributed by atoms with Gasteiger partial charge in [-0.1, -0.05) is 0 Å². The Balaban J connectivity index is 2.22. The maximum atomic E-state index is 12.8. The van der Waals surface area contributed by atoms with Crippen LogP contribution in [0.3, 0.4) is 0 Å². The van der Waals surface area contributed by atoms with Crippen molar-refractivity contribution in [3.05, 3.63) is 28.3 Å². The predicted molar refractivity (Wildman–Crippen MR) is 71.6 cm³/mol. The minimum atomic E-state index is -4.65. The highest BCUT2D eigenvalue weighted by molar-refractivity contribution is 9.10. The zero-order chi connectivity index (χ0) is 15.8. The highest BCUT2D eigenvalue weighted by Gasteiger charge is 2.38. The number of nitrogens with one attached hydrogen (secondary N) is 2. The Labute approximate surface area is 125 Å². The summed E-state index contributed by atoms with van der Waals surface area (Å²) in [6.07, 6.45) is -1.61. The Morgan fingerprint density at radius 2 is 2.19 bits per heavy atom. The molecule has 0 spiro atoms. The van der Waals surface area contributed by atoms with Gasteiger partial charge in [-0.2, -0.15) is 23.4 Å². The SMILES string of the molecule is Cc1[nH]nc(C(F)(F)F)c1NC(=O)C(C)n1cc(Br)cn1. The maximum absolute atomic E-state index is 12.8. The van der Waals surface area contributed by atoms with E-state index in [-0.39, 0.29) is 11.4 Å². The number of rotatable bonds is 3. The summed E-state index contributed by atoms with van der Waals surface area (Å²) in [7, 11) is 0. The van der Waals surface area contributed by atoms with Crippen molar-refractivity contribution in [1.82, 2.24) is 20.0 Å². The molecule has 1 atom stereocenters. The van der Waals surface area contributed by atoms with Crippen LogP contribution >= 0.6 is 15.9 Å². The van der Waals surface area contributed by atoms with Crippen LogP contribution in [0.15, 0.2) is 16.9 Å². The first-order valence-electron chi connectivity index (χ1n) is 5.83. The molecule has 6 nitrogen and oxygen atoms in total. The minimum absolute atomic E-state index is 0.129. The number of aryl methyl sites for hydroxylation is 1. The standard InChI is InChI=1S/C11H11BrF3N5O/c1-5-8(9(19-18-5)11(13,14)15)17-10(21)6(2)20-4-7(12)3-16-20/h3-4,6H,1-2H3,(H,17,21)(H,18,19). The van der Waals surface area contributed by atoms with E-state index in [0.717, 1.165) is 0 Å². The fourth-order valence-corrected chi connectivity index (χ4v) is 1.96. The Hall–Kier alpha value is -1.84. The Kier molecular flexibility index (Phi) is 4.08. The number of carbonyl (C=O) groups excluding carboxylic acids is 1. The highest BCUT2D eigenvalue weighted by atomic mass is 79.9. The average molecular weight is 366 g/mol. The van der Waals surface area contributed by atoms with Gasteiger partial charge in [-0.15, -0.1) is 0 Å². The smallest absolute Gasteiger partial charge is 0.321 e. The highest BCUT2D eigenvalue weighted by Crippen LogP contribution is 2.34. The molecule has 2 N–H and O–H groups in total. The summed E-state index contributed by atoms with van der Waals surface area (Å²) in [5.74, 6) is -0.624. The molecule has 0 bridgehead atoms. The summed E-state index contributed by atoms with van der Waals surface area (Å²) in [5.41, 5.74) is -1.39. The molecule has 0 aliphatic carbocycles.